The first-order chi connectivity index (χ1) is 19.2. The van der Waals surface area contributed by atoms with E-state index in [4.69, 9.17) is 9.47 Å². The second-order valence-electron chi connectivity index (χ2n) is 12.5. The third-order valence-corrected chi connectivity index (χ3v) is 13.2. The average Bonchev–Trinajstić information content (AvgIpc) is 2.85. The zero-order valence-electron chi connectivity index (χ0n) is 27.0. The van der Waals surface area contributed by atoms with Gasteiger partial charge in [-0.25, -0.2) is 0 Å². The zero-order valence-corrected chi connectivity index (χ0v) is 29.0. The first kappa shape index (κ1) is 35.4. The predicted octanol–water partition coefficient (Wildman–Crippen LogP) is 9.98. The molecule has 5 nitrogen and oxygen atoms in total. The van der Waals surface area contributed by atoms with Crippen molar-refractivity contribution in [3.05, 3.63) is 57.7 Å². The summed E-state index contributed by atoms with van der Waals surface area (Å²) in [6.45, 7) is 18.1. The van der Waals surface area contributed by atoms with Gasteiger partial charge in [-0.3, -0.25) is 4.79 Å². The highest BCUT2D eigenvalue weighted by atomic mass is 31.2. The standard InChI is InChI=1S/C34H54O5P2/c1-24(2)13-10-14-25(3)15-11-16-26(4)17-12-21-34(7)22-20-29-28(6)33(27(5)23-30(29)39-34)38-31(35)18-19-32(40(8)36)41(9)37/h13,15,17,23,32,40-41H,10-12,14,16,18-22H2,1-9H3/b25-15+,26-17+. The van der Waals surface area contributed by atoms with Crippen molar-refractivity contribution in [1.82, 2.24) is 0 Å². The van der Waals surface area contributed by atoms with E-state index in [0.717, 1.165) is 73.8 Å². The molecule has 230 valence electrons. The molecule has 0 saturated carbocycles. The van der Waals surface area contributed by atoms with Crippen LogP contribution in [0.2, 0.25) is 0 Å². The van der Waals surface area contributed by atoms with Gasteiger partial charge in [0.2, 0.25) is 0 Å². The molecule has 1 aromatic rings. The Balaban J connectivity index is 1.94. The number of ether oxygens (including phenoxy) is 2. The fourth-order valence-electron chi connectivity index (χ4n) is 5.49. The molecule has 0 N–H and O–H groups in total. The molecule has 0 aromatic heterocycles. The third kappa shape index (κ3) is 11.8. The smallest absolute Gasteiger partial charge is 0.311 e. The molecular formula is C34H54O5P2. The minimum absolute atomic E-state index is 0.114. The van der Waals surface area contributed by atoms with Crippen molar-refractivity contribution in [2.24, 2.45) is 0 Å². The summed E-state index contributed by atoms with van der Waals surface area (Å²) in [6.07, 6.45) is 15.7. The molecule has 1 aromatic carbocycles. The van der Waals surface area contributed by atoms with Crippen LogP contribution in [0.4, 0.5) is 0 Å². The molecule has 0 radical (unpaired) electrons. The number of carbonyl (C=O) groups excluding carboxylic acids is 1. The lowest BCUT2D eigenvalue weighted by Crippen LogP contribution is -2.36. The monoisotopic (exact) mass is 604 g/mol. The lowest BCUT2D eigenvalue weighted by atomic mass is 9.86. The second-order valence-corrected chi connectivity index (χ2v) is 16.9. The number of carbonyl (C=O) groups is 1. The predicted molar refractivity (Wildman–Crippen MR) is 176 cm³/mol. The number of hydrogen-bond donors (Lipinski definition) is 0. The van der Waals surface area contributed by atoms with Crippen molar-refractivity contribution in [2.75, 3.05) is 13.3 Å². The van der Waals surface area contributed by atoms with E-state index in [1.165, 1.54) is 16.7 Å². The van der Waals surface area contributed by atoms with Crippen LogP contribution in [0.3, 0.4) is 0 Å². The summed E-state index contributed by atoms with van der Waals surface area (Å²) < 4.78 is 36.2. The quantitative estimate of drug-likeness (QED) is 0.0862. The number of fused-ring (bicyclic) bond motifs is 1. The summed E-state index contributed by atoms with van der Waals surface area (Å²) in [6, 6.07) is 1.99. The topological polar surface area (TPSA) is 69.7 Å². The van der Waals surface area contributed by atoms with Crippen molar-refractivity contribution in [2.45, 2.75) is 124 Å². The molecule has 3 unspecified atom stereocenters. The number of allylic oxidation sites excluding steroid dienone is 6. The maximum absolute atomic E-state index is 12.6. The number of esters is 1. The SMILES string of the molecule is CC(C)=CCC/C(C)=C/CC/C(C)=C/CCC1(C)CCc2c(cc(C)c(OC(=O)CCC([PH](C)=O)[PH](C)=O)c2C)O1. The number of hydrogen-bond acceptors (Lipinski definition) is 5. The van der Waals surface area contributed by atoms with Crippen molar-refractivity contribution in [3.8, 4) is 11.5 Å². The Kier molecular flexibility index (Phi) is 14.4. The molecule has 1 aliphatic rings. The molecule has 3 atom stereocenters. The molecule has 0 amide bonds. The van der Waals surface area contributed by atoms with Gasteiger partial charge in [-0.15, -0.1) is 0 Å². The Morgan fingerprint density at radius 2 is 1.56 bits per heavy atom. The molecule has 0 saturated heterocycles. The van der Waals surface area contributed by atoms with Crippen LogP contribution in [-0.2, 0) is 20.3 Å². The summed E-state index contributed by atoms with van der Waals surface area (Å²) in [7, 11) is -3.90. The van der Waals surface area contributed by atoms with Crippen molar-refractivity contribution in [3.63, 3.8) is 0 Å². The Labute approximate surface area is 250 Å². The summed E-state index contributed by atoms with van der Waals surface area (Å²) >= 11 is 0. The summed E-state index contributed by atoms with van der Waals surface area (Å²) in [5, 5.41) is -0.378. The Morgan fingerprint density at radius 1 is 0.976 bits per heavy atom. The largest absolute Gasteiger partial charge is 0.487 e. The van der Waals surface area contributed by atoms with Gasteiger partial charge < -0.3 is 18.6 Å². The molecule has 2 rings (SSSR count). The van der Waals surface area contributed by atoms with Gasteiger partial charge in [0.25, 0.3) is 0 Å². The normalized spacial score (nSPS) is 19.5. The number of rotatable bonds is 15. The molecule has 0 spiro atoms. The zero-order chi connectivity index (χ0) is 30.7. The van der Waals surface area contributed by atoms with Gasteiger partial charge in [0.1, 0.15) is 17.1 Å². The Hall–Kier alpha value is -1.83. The average molecular weight is 605 g/mol. The van der Waals surface area contributed by atoms with Gasteiger partial charge in [0.15, 0.2) is 0 Å². The molecule has 0 fully saturated rings. The van der Waals surface area contributed by atoms with Gasteiger partial charge >= 0.3 is 5.97 Å². The summed E-state index contributed by atoms with van der Waals surface area (Å²) in [5.74, 6) is 1.11. The van der Waals surface area contributed by atoms with E-state index in [-0.39, 0.29) is 23.4 Å². The van der Waals surface area contributed by atoms with Crippen LogP contribution < -0.4 is 9.47 Å². The van der Waals surface area contributed by atoms with Crippen molar-refractivity contribution >= 4 is 21.6 Å². The van der Waals surface area contributed by atoms with E-state index in [1.54, 1.807) is 13.3 Å². The number of benzene rings is 1. The molecular weight excluding hydrogens is 550 g/mol. The van der Waals surface area contributed by atoms with Crippen LogP contribution in [0.1, 0.15) is 109 Å². The molecule has 1 heterocycles. The maximum Gasteiger partial charge on any atom is 0.311 e. The van der Waals surface area contributed by atoms with Gasteiger partial charge in [-0.05, 0) is 137 Å². The maximum atomic E-state index is 12.6. The molecule has 0 aliphatic carbocycles. The van der Waals surface area contributed by atoms with E-state index < -0.39 is 15.6 Å². The highest BCUT2D eigenvalue weighted by Crippen LogP contribution is 2.44. The van der Waals surface area contributed by atoms with E-state index in [1.807, 2.05) is 19.9 Å². The van der Waals surface area contributed by atoms with E-state index in [2.05, 4.69) is 52.8 Å². The van der Waals surface area contributed by atoms with Crippen LogP contribution in [-0.4, -0.2) is 30.3 Å². The van der Waals surface area contributed by atoms with Gasteiger partial charge in [-0.2, -0.15) is 0 Å². The first-order valence-electron chi connectivity index (χ1n) is 15.2. The molecule has 0 bridgehead atoms. The van der Waals surface area contributed by atoms with E-state index >= 15 is 0 Å². The molecule has 1 aliphatic heterocycles. The van der Waals surface area contributed by atoms with Gasteiger partial charge in [-0.1, -0.05) is 34.9 Å². The number of aryl methyl sites for hydroxylation is 1. The lowest BCUT2D eigenvalue weighted by Gasteiger charge is -2.37. The molecule has 41 heavy (non-hydrogen) atoms. The van der Waals surface area contributed by atoms with Crippen LogP contribution in [0.25, 0.3) is 0 Å². The van der Waals surface area contributed by atoms with Crippen LogP contribution in [0, 0.1) is 13.8 Å². The minimum atomic E-state index is -1.95. The van der Waals surface area contributed by atoms with Crippen molar-refractivity contribution in [1.29, 1.82) is 0 Å². The van der Waals surface area contributed by atoms with E-state index in [9.17, 15) is 13.9 Å². The Morgan fingerprint density at radius 3 is 2.15 bits per heavy atom. The minimum Gasteiger partial charge on any atom is -0.487 e. The van der Waals surface area contributed by atoms with Crippen LogP contribution in [0.5, 0.6) is 11.5 Å². The highest BCUT2D eigenvalue weighted by molar-refractivity contribution is 7.63. The van der Waals surface area contributed by atoms with E-state index in [0.29, 0.717) is 12.2 Å². The van der Waals surface area contributed by atoms with Gasteiger partial charge in [0, 0.05) is 12.0 Å². The Bertz CT molecular complexity index is 1190. The second kappa shape index (κ2) is 16.7. The van der Waals surface area contributed by atoms with Crippen LogP contribution in [0.15, 0.2) is 41.0 Å². The van der Waals surface area contributed by atoms with Crippen molar-refractivity contribution < 1.29 is 23.4 Å². The summed E-state index contributed by atoms with van der Waals surface area (Å²) in [4.78, 5) is 12.6. The first-order valence-corrected chi connectivity index (χ1v) is 19.2. The molecule has 7 heteroatoms. The fourth-order valence-corrected chi connectivity index (χ4v) is 8.88. The lowest BCUT2D eigenvalue weighted by molar-refractivity contribution is -0.134. The fraction of sp³-hybridized carbons (Fsp3) is 0.618. The van der Waals surface area contributed by atoms with Gasteiger partial charge in [0.05, 0.1) is 21.0 Å². The third-order valence-electron chi connectivity index (χ3n) is 8.18. The highest BCUT2D eigenvalue weighted by Gasteiger charge is 2.33. The summed E-state index contributed by atoms with van der Waals surface area (Å²) in [5.41, 5.74) is 6.97. The van der Waals surface area contributed by atoms with Crippen LogP contribution >= 0.6 is 15.6 Å².